The van der Waals surface area contributed by atoms with Gasteiger partial charge in [0.2, 0.25) is 0 Å². The Bertz CT molecular complexity index is 1100. The minimum atomic E-state index is -0.542. The van der Waals surface area contributed by atoms with Crippen molar-refractivity contribution in [3.63, 3.8) is 0 Å². The molecule has 0 unspecified atom stereocenters. The second-order valence-electron chi connectivity index (χ2n) is 7.70. The van der Waals surface area contributed by atoms with Crippen molar-refractivity contribution in [1.82, 2.24) is 4.90 Å². The lowest BCUT2D eigenvalue weighted by molar-refractivity contribution is -0.139. The zero-order chi connectivity index (χ0) is 22.5. The van der Waals surface area contributed by atoms with Crippen molar-refractivity contribution in [2.45, 2.75) is 32.5 Å². The molecule has 0 spiro atoms. The van der Waals surface area contributed by atoms with Crippen molar-refractivity contribution in [3.8, 4) is 11.5 Å². The number of rotatable bonds is 6. The number of carbonyl (C=O) groups is 2. The van der Waals surface area contributed by atoms with Gasteiger partial charge >= 0.3 is 0 Å². The molecule has 1 atom stereocenters. The van der Waals surface area contributed by atoms with Gasteiger partial charge in [0.05, 0.1) is 7.11 Å². The summed E-state index contributed by atoms with van der Waals surface area (Å²) in [5, 5.41) is 2.93. The monoisotopic (exact) mass is 430 g/mol. The Hall–Kier alpha value is -3.80. The summed E-state index contributed by atoms with van der Waals surface area (Å²) in [5.41, 5.74) is 3.11. The molecule has 0 aliphatic carbocycles. The Morgan fingerprint density at radius 1 is 1.09 bits per heavy atom. The maximum absolute atomic E-state index is 13.1. The van der Waals surface area contributed by atoms with E-state index in [9.17, 15) is 9.59 Å². The first kappa shape index (κ1) is 21.4. The predicted octanol–water partition coefficient (Wildman–Crippen LogP) is 4.65. The van der Waals surface area contributed by atoms with Gasteiger partial charge in [0.15, 0.2) is 6.10 Å². The minimum absolute atomic E-state index is 0.0469. The van der Waals surface area contributed by atoms with Gasteiger partial charge in [-0.25, -0.2) is 0 Å². The molecule has 4 rings (SSSR count). The van der Waals surface area contributed by atoms with Gasteiger partial charge < -0.3 is 19.7 Å². The predicted molar refractivity (Wildman–Crippen MR) is 123 cm³/mol. The van der Waals surface area contributed by atoms with Crippen LogP contribution in [0.4, 0.5) is 5.69 Å². The summed E-state index contributed by atoms with van der Waals surface area (Å²) in [6, 6.07) is 22.2. The molecule has 1 N–H and O–H groups in total. The molecule has 1 heterocycles. The van der Waals surface area contributed by atoms with Crippen LogP contribution in [0.3, 0.4) is 0 Å². The summed E-state index contributed by atoms with van der Waals surface area (Å²) >= 11 is 0. The van der Waals surface area contributed by atoms with Crippen molar-refractivity contribution in [2.75, 3.05) is 12.4 Å². The van der Waals surface area contributed by atoms with Crippen molar-refractivity contribution in [2.24, 2.45) is 0 Å². The molecule has 0 saturated carbocycles. The molecule has 0 radical (unpaired) electrons. The van der Waals surface area contributed by atoms with E-state index in [0.29, 0.717) is 36.5 Å². The fourth-order valence-corrected chi connectivity index (χ4v) is 3.72. The highest BCUT2D eigenvalue weighted by Gasteiger charge is 2.30. The van der Waals surface area contributed by atoms with Gasteiger partial charge in [-0.2, -0.15) is 0 Å². The molecule has 6 nitrogen and oxygen atoms in total. The number of hydrogen-bond donors (Lipinski definition) is 1. The number of fused-ring (bicyclic) bond motifs is 1. The van der Waals surface area contributed by atoms with E-state index in [2.05, 4.69) is 5.32 Å². The van der Waals surface area contributed by atoms with Crippen molar-refractivity contribution in [1.29, 1.82) is 0 Å². The van der Waals surface area contributed by atoms with E-state index in [1.165, 1.54) is 0 Å². The number of nitrogens with one attached hydrogen (secondary N) is 1. The molecule has 1 aliphatic heterocycles. The lowest BCUT2D eigenvalue weighted by Gasteiger charge is -2.23. The van der Waals surface area contributed by atoms with E-state index in [4.69, 9.17) is 9.47 Å². The van der Waals surface area contributed by atoms with Crippen molar-refractivity contribution in [3.05, 3.63) is 89.5 Å². The Morgan fingerprint density at radius 2 is 1.84 bits per heavy atom. The molecule has 3 aromatic rings. The molecule has 0 fully saturated rings. The van der Waals surface area contributed by atoms with Crippen LogP contribution in [0, 0.1) is 0 Å². The van der Waals surface area contributed by atoms with Crippen molar-refractivity contribution >= 4 is 17.5 Å². The number of hydrogen-bond acceptors (Lipinski definition) is 4. The molecule has 32 heavy (non-hydrogen) atoms. The standard InChI is InChI=1S/C26H26N2O4/c1-3-23-26(30)28(16-18-9-12-22(31-2)13-10-18)17-20-15-21(11-14-24(20)32-23)27-25(29)19-7-5-4-6-8-19/h4-15,23H,3,16-17H2,1-2H3,(H,27,29)/t23-/m1/s1. The normalized spacial score (nSPS) is 15.4. The molecule has 0 bridgehead atoms. The number of benzene rings is 3. The van der Waals surface area contributed by atoms with Crippen LogP contribution in [0.25, 0.3) is 0 Å². The van der Waals surface area contributed by atoms with E-state index in [-0.39, 0.29) is 11.8 Å². The molecule has 0 saturated heterocycles. The molecular formula is C26H26N2O4. The maximum atomic E-state index is 13.1. The third-order valence-electron chi connectivity index (χ3n) is 5.48. The first-order valence-electron chi connectivity index (χ1n) is 10.6. The van der Waals surface area contributed by atoms with Crippen LogP contribution in [0.2, 0.25) is 0 Å². The summed E-state index contributed by atoms with van der Waals surface area (Å²) < 4.78 is 11.3. The van der Waals surface area contributed by atoms with Gasteiger partial charge in [-0.3, -0.25) is 9.59 Å². The lowest BCUT2D eigenvalue weighted by atomic mass is 10.1. The second kappa shape index (κ2) is 9.56. The number of anilines is 1. The quantitative estimate of drug-likeness (QED) is 0.618. The Kier molecular flexibility index (Phi) is 6.40. The molecule has 6 heteroatoms. The van der Waals surface area contributed by atoms with Crippen LogP contribution >= 0.6 is 0 Å². The van der Waals surface area contributed by atoms with Crippen molar-refractivity contribution < 1.29 is 19.1 Å². The summed E-state index contributed by atoms with van der Waals surface area (Å²) in [5.74, 6) is 1.21. The summed E-state index contributed by atoms with van der Waals surface area (Å²) in [6.07, 6.45) is 0.0309. The van der Waals surface area contributed by atoms with Crippen LogP contribution in [0.15, 0.2) is 72.8 Å². The lowest BCUT2D eigenvalue weighted by Crippen LogP contribution is -2.38. The number of methoxy groups -OCH3 is 1. The topological polar surface area (TPSA) is 67.9 Å². The molecule has 1 aliphatic rings. The number of nitrogens with zero attached hydrogens (tertiary/aromatic N) is 1. The number of amides is 2. The average molecular weight is 431 g/mol. The summed E-state index contributed by atoms with van der Waals surface area (Å²) in [6.45, 7) is 2.79. The van der Waals surface area contributed by atoms with Gasteiger partial charge in [-0.1, -0.05) is 37.3 Å². The van der Waals surface area contributed by atoms with E-state index < -0.39 is 6.10 Å². The van der Waals surface area contributed by atoms with Gasteiger partial charge in [0, 0.05) is 29.9 Å². The Labute approximate surface area is 187 Å². The van der Waals surface area contributed by atoms with E-state index in [0.717, 1.165) is 16.9 Å². The average Bonchev–Trinajstić information content (AvgIpc) is 2.96. The van der Waals surface area contributed by atoms with Gasteiger partial charge in [-0.05, 0) is 54.4 Å². The van der Waals surface area contributed by atoms with E-state index in [1.807, 2.05) is 61.5 Å². The van der Waals surface area contributed by atoms with E-state index in [1.54, 1.807) is 30.2 Å². The van der Waals surface area contributed by atoms with Crippen LogP contribution in [-0.2, 0) is 17.9 Å². The van der Waals surface area contributed by atoms with E-state index >= 15 is 0 Å². The van der Waals surface area contributed by atoms with Crippen LogP contribution < -0.4 is 14.8 Å². The van der Waals surface area contributed by atoms with Crippen LogP contribution in [0.5, 0.6) is 11.5 Å². The maximum Gasteiger partial charge on any atom is 0.264 e. The smallest absolute Gasteiger partial charge is 0.264 e. The molecule has 2 amide bonds. The molecular weight excluding hydrogens is 404 g/mol. The largest absolute Gasteiger partial charge is 0.497 e. The van der Waals surface area contributed by atoms with Crippen LogP contribution in [0.1, 0.15) is 34.8 Å². The highest BCUT2D eigenvalue weighted by atomic mass is 16.5. The molecule has 3 aromatic carbocycles. The fourth-order valence-electron chi connectivity index (χ4n) is 3.72. The molecule has 0 aromatic heterocycles. The molecule has 164 valence electrons. The second-order valence-corrected chi connectivity index (χ2v) is 7.70. The Morgan fingerprint density at radius 3 is 2.53 bits per heavy atom. The van der Waals surface area contributed by atoms with Gasteiger partial charge in [0.25, 0.3) is 11.8 Å². The number of carbonyl (C=O) groups excluding carboxylic acids is 2. The zero-order valence-electron chi connectivity index (χ0n) is 18.2. The Balaban J connectivity index is 1.57. The highest BCUT2D eigenvalue weighted by molar-refractivity contribution is 6.04. The van der Waals surface area contributed by atoms with Gasteiger partial charge in [0.1, 0.15) is 11.5 Å². The third-order valence-corrected chi connectivity index (χ3v) is 5.48. The zero-order valence-corrected chi connectivity index (χ0v) is 18.2. The SMILES string of the molecule is CC[C@H]1Oc2ccc(NC(=O)c3ccccc3)cc2CN(Cc2ccc(OC)cc2)C1=O. The first-order chi connectivity index (χ1) is 15.6. The minimum Gasteiger partial charge on any atom is -0.497 e. The summed E-state index contributed by atoms with van der Waals surface area (Å²) in [4.78, 5) is 27.5. The van der Waals surface area contributed by atoms with Crippen LogP contribution in [-0.4, -0.2) is 29.9 Å². The number of ether oxygens (including phenoxy) is 2. The fraction of sp³-hybridized carbons (Fsp3) is 0.231. The first-order valence-corrected chi connectivity index (χ1v) is 10.6. The third kappa shape index (κ3) is 4.75. The highest BCUT2D eigenvalue weighted by Crippen LogP contribution is 2.30. The van der Waals surface area contributed by atoms with Gasteiger partial charge in [-0.15, -0.1) is 0 Å². The summed E-state index contributed by atoms with van der Waals surface area (Å²) in [7, 11) is 1.63.